The summed E-state index contributed by atoms with van der Waals surface area (Å²) in [7, 11) is 0. The summed E-state index contributed by atoms with van der Waals surface area (Å²) in [5.41, 5.74) is 0.151. The first-order valence-electron chi connectivity index (χ1n) is 6.32. The Kier molecular flexibility index (Phi) is 7.12. The van der Waals surface area contributed by atoms with Crippen molar-refractivity contribution in [2.45, 2.75) is 47.0 Å². The van der Waals surface area contributed by atoms with E-state index in [9.17, 15) is 4.79 Å². The molecule has 0 aromatic rings. The molecule has 0 aliphatic heterocycles. The zero-order valence-electron chi connectivity index (χ0n) is 11.6. The molecule has 0 aromatic carbocycles. The fraction of sp³-hybridized carbons (Fsp3) is 0.786. The highest BCUT2D eigenvalue weighted by Crippen LogP contribution is 2.20. The van der Waals surface area contributed by atoms with Crippen LogP contribution in [0.3, 0.4) is 0 Å². The third kappa shape index (κ3) is 6.47. The van der Waals surface area contributed by atoms with Gasteiger partial charge < -0.3 is 9.84 Å². The van der Waals surface area contributed by atoms with Gasteiger partial charge >= 0.3 is 5.97 Å². The van der Waals surface area contributed by atoms with Crippen molar-refractivity contribution in [1.82, 2.24) is 0 Å². The molecule has 3 nitrogen and oxygen atoms in total. The minimum atomic E-state index is -0.384. The Morgan fingerprint density at radius 2 is 1.88 bits per heavy atom. The minimum Gasteiger partial charge on any atom is -0.462 e. The average molecular weight is 242 g/mol. The molecule has 17 heavy (non-hydrogen) atoms. The number of ether oxygens (including phenoxy) is 1. The van der Waals surface area contributed by atoms with Gasteiger partial charge in [-0.1, -0.05) is 47.1 Å². The maximum atomic E-state index is 11.7. The van der Waals surface area contributed by atoms with Crippen molar-refractivity contribution in [1.29, 1.82) is 0 Å². The average Bonchev–Trinajstić information content (AvgIpc) is 2.32. The molecule has 0 aliphatic carbocycles. The highest BCUT2D eigenvalue weighted by atomic mass is 16.5. The van der Waals surface area contributed by atoms with E-state index in [4.69, 9.17) is 9.84 Å². The van der Waals surface area contributed by atoms with E-state index in [2.05, 4.69) is 20.4 Å². The van der Waals surface area contributed by atoms with Crippen LogP contribution < -0.4 is 0 Å². The summed E-state index contributed by atoms with van der Waals surface area (Å²) in [4.78, 5) is 11.7. The van der Waals surface area contributed by atoms with Crippen molar-refractivity contribution in [2.75, 3.05) is 13.2 Å². The molecule has 100 valence electrons. The van der Waals surface area contributed by atoms with Crippen LogP contribution in [-0.4, -0.2) is 24.3 Å². The highest BCUT2D eigenvalue weighted by molar-refractivity contribution is 5.87. The van der Waals surface area contributed by atoms with Crippen molar-refractivity contribution in [3.05, 3.63) is 12.2 Å². The lowest BCUT2D eigenvalue weighted by molar-refractivity contribution is -0.143. The molecule has 0 heterocycles. The maximum Gasteiger partial charge on any atom is 0.333 e. The molecule has 0 saturated heterocycles. The van der Waals surface area contributed by atoms with E-state index in [1.165, 1.54) is 0 Å². The molecule has 0 saturated carbocycles. The normalized spacial score (nSPS) is 11.6. The summed E-state index contributed by atoms with van der Waals surface area (Å²) in [5.74, 6) is 0.166. The first kappa shape index (κ1) is 16.2. The number of hydrogen-bond donors (Lipinski definition) is 1. The Morgan fingerprint density at radius 3 is 2.29 bits per heavy atom. The minimum absolute atomic E-state index is 0.000693. The number of esters is 1. The van der Waals surface area contributed by atoms with Crippen molar-refractivity contribution in [3.63, 3.8) is 0 Å². The summed E-state index contributed by atoms with van der Waals surface area (Å²) < 4.78 is 5.15. The van der Waals surface area contributed by atoms with Crippen LogP contribution in [-0.2, 0) is 9.53 Å². The Morgan fingerprint density at radius 1 is 1.35 bits per heavy atom. The fourth-order valence-corrected chi connectivity index (χ4v) is 1.42. The molecule has 0 atom stereocenters. The van der Waals surface area contributed by atoms with E-state index in [0.717, 1.165) is 12.8 Å². The van der Waals surface area contributed by atoms with E-state index in [-0.39, 0.29) is 24.6 Å². The first-order chi connectivity index (χ1) is 7.86. The van der Waals surface area contributed by atoms with E-state index < -0.39 is 0 Å². The molecule has 0 rings (SSSR count). The third-order valence-electron chi connectivity index (χ3n) is 3.00. The van der Waals surface area contributed by atoms with Crippen molar-refractivity contribution in [3.8, 4) is 0 Å². The van der Waals surface area contributed by atoms with E-state index in [0.29, 0.717) is 17.9 Å². The Balaban J connectivity index is 4.11. The van der Waals surface area contributed by atoms with Gasteiger partial charge in [-0.25, -0.2) is 4.79 Å². The largest absolute Gasteiger partial charge is 0.462 e. The maximum absolute atomic E-state index is 11.7. The topological polar surface area (TPSA) is 46.5 Å². The number of carbonyl (C=O) groups is 1. The first-order valence-corrected chi connectivity index (χ1v) is 6.32. The Bertz CT molecular complexity index is 252. The molecular weight excluding hydrogens is 216 g/mol. The van der Waals surface area contributed by atoms with Gasteiger partial charge in [0.1, 0.15) is 0 Å². The molecule has 0 bridgehead atoms. The highest BCUT2D eigenvalue weighted by Gasteiger charge is 2.20. The Hall–Kier alpha value is -0.830. The number of rotatable bonds is 8. The molecule has 0 aromatic heterocycles. The van der Waals surface area contributed by atoms with Crippen LogP contribution in [0, 0.1) is 11.3 Å². The van der Waals surface area contributed by atoms with Crippen LogP contribution >= 0.6 is 0 Å². The van der Waals surface area contributed by atoms with Gasteiger partial charge in [0.05, 0.1) is 13.2 Å². The second-order valence-electron chi connectivity index (χ2n) is 5.39. The molecule has 0 fully saturated rings. The number of hydrogen-bond acceptors (Lipinski definition) is 3. The van der Waals surface area contributed by atoms with Gasteiger partial charge in [0, 0.05) is 11.0 Å². The standard InChI is InChI=1S/C14H26O3/c1-6-12(7-2)8-11(3)13(16)17-10-14(4,5)9-15/h12,15H,3,6-10H2,1-2,4-5H3. The van der Waals surface area contributed by atoms with Gasteiger partial charge in [0.15, 0.2) is 0 Å². The molecular formula is C14H26O3. The molecule has 3 heteroatoms. The molecule has 0 radical (unpaired) electrons. The summed E-state index contributed by atoms with van der Waals surface area (Å²) in [5, 5.41) is 9.05. The summed E-state index contributed by atoms with van der Waals surface area (Å²) in [6, 6.07) is 0. The molecule has 0 aliphatic rings. The number of aliphatic hydroxyl groups excluding tert-OH is 1. The van der Waals surface area contributed by atoms with E-state index >= 15 is 0 Å². The van der Waals surface area contributed by atoms with Gasteiger partial charge in [0.25, 0.3) is 0 Å². The van der Waals surface area contributed by atoms with Crippen LogP contribution in [0.4, 0.5) is 0 Å². The monoisotopic (exact) mass is 242 g/mol. The SMILES string of the molecule is C=C(CC(CC)CC)C(=O)OCC(C)(C)CO. The quantitative estimate of drug-likeness (QED) is 0.526. The van der Waals surface area contributed by atoms with E-state index in [1.807, 2.05) is 13.8 Å². The number of carbonyl (C=O) groups excluding carboxylic acids is 1. The van der Waals surface area contributed by atoms with Gasteiger partial charge in [-0.2, -0.15) is 0 Å². The fourth-order valence-electron chi connectivity index (χ4n) is 1.42. The van der Waals surface area contributed by atoms with E-state index in [1.54, 1.807) is 0 Å². The predicted octanol–water partition coefficient (Wildman–Crippen LogP) is 2.93. The van der Waals surface area contributed by atoms with Crippen LogP contribution in [0.25, 0.3) is 0 Å². The lowest BCUT2D eigenvalue weighted by Crippen LogP contribution is -2.26. The second-order valence-corrected chi connectivity index (χ2v) is 5.39. The van der Waals surface area contributed by atoms with Gasteiger partial charge in [0.2, 0.25) is 0 Å². The van der Waals surface area contributed by atoms with Gasteiger partial charge in [-0.05, 0) is 12.3 Å². The van der Waals surface area contributed by atoms with Crippen LogP contribution in [0.2, 0.25) is 0 Å². The van der Waals surface area contributed by atoms with Crippen LogP contribution in [0.5, 0.6) is 0 Å². The molecule has 0 spiro atoms. The Labute approximate surface area is 105 Å². The van der Waals surface area contributed by atoms with Gasteiger partial charge in [-0.3, -0.25) is 0 Å². The summed E-state index contributed by atoms with van der Waals surface area (Å²) in [6.45, 7) is 11.9. The molecule has 0 amide bonds. The molecule has 1 N–H and O–H groups in total. The lowest BCUT2D eigenvalue weighted by atomic mass is 9.95. The predicted molar refractivity (Wildman–Crippen MR) is 69.7 cm³/mol. The molecule has 0 unspecified atom stereocenters. The lowest BCUT2D eigenvalue weighted by Gasteiger charge is -2.21. The smallest absolute Gasteiger partial charge is 0.333 e. The third-order valence-corrected chi connectivity index (χ3v) is 3.00. The zero-order valence-corrected chi connectivity index (χ0v) is 11.6. The summed E-state index contributed by atoms with van der Waals surface area (Å²) >= 11 is 0. The van der Waals surface area contributed by atoms with Crippen LogP contribution in [0.1, 0.15) is 47.0 Å². The zero-order chi connectivity index (χ0) is 13.5. The van der Waals surface area contributed by atoms with Gasteiger partial charge in [-0.15, -0.1) is 0 Å². The number of aliphatic hydroxyl groups is 1. The van der Waals surface area contributed by atoms with Crippen LogP contribution in [0.15, 0.2) is 12.2 Å². The summed E-state index contributed by atoms with van der Waals surface area (Å²) in [6.07, 6.45) is 2.79. The van der Waals surface area contributed by atoms with Crippen molar-refractivity contribution >= 4 is 5.97 Å². The van der Waals surface area contributed by atoms with Crippen molar-refractivity contribution < 1.29 is 14.6 Å². The second kappa shape index (κ2) is 7.49. The van der Waals surface area contributed by atoms with Crippen molar-refractivity contribution in [2.24, 2.45) is 11.3 Å².